The molecule has 0 amide bonds. The van der Waals surface area contributed by atoms with Crippen LogP contribution in [-0.4, -0.2) is 9.97 Å². The zero-order valence-corrected chi connectivity index (χ0v) is 34.1. The van der Waals surface area contributed by atoms with Crippen LogP contribution in [0.3, 0.4) is 0 Å². The van der Waals surface area contributed by atoms with E-state index in [4.69, 9.17) is 9.97 Å². The smallest absolute Gasteiger partial charge is 0.160 e. The van der Waals surface area contributed by atoms with Crippen LogP contribution in [0.25, 0.3) is 109 Å². The van der Waals surface area contributed by atoms with E-state index in [0.29, 0.717) is 0 Å². The van der Waals surface area contributed by atoms with Gasteiger partial charge in [0.2, 0.25) is 0 Å². The Bertz CT molecular complexity index is 3500. The van der Waals surface area contributed by atoms with Crippen LogP contribution >= 0.6 is 11.3 Å². The van der Waals surface area contributed by atoms with E-state index < -0.39 is 0 Å². The maximum absolute atomic E-state index is 5.31. The molecule has 12 rings (SSSR count). The zero-order chi connectivity index (χ0) is 40.0. The fraction of sp³-hybridized carbons (Fsp3) is 0.0526. The van der Waals surface area contributed by atoms with Gasteiger partial charge in [-0.25, -0.2) is 9.97 Å². The fourth-order valence-electron chi connectivity index (χ4n) is 9.54. The van der Waals surface area contributed by atoms with Crippen molar-refractivity contribution >= 4 is 53.1 Å². The van der Waals surface area contributed by atoms with Crippen molar-refractivity contribution in [2.24, 2.45) is 0 Å². The van der Waals surface area contributed by atoms with Gasteiger partial charge in [0.1, 0.15) is 0 Å². The first-order valence-electron chi connectivity index (χ1n) is 20.6. The second-order valence-corrected chi connectivity index (χ2v) is 17.6. The van der Waals surface area contributed by atoms with E-state index in [1.807, 2.05) is 17.4 Å². The highest BCUT2D eigenvalue weighted by Gasteiger charge is 2.37. The Morgan fingerprint density at radius 3 is 1.83 bits per heavy atom. The van der Waals surface area contributed by atoms with Gasteiger partial charge in [0.05, 0.1) is 11.4 Å². The van der Waals surface area contributed by atoms with Crippen molar-refractivity contribution in [1.82, 2.24) is 9.97 Å². The lowest BCUT2D eigenvalue weighted by Gasteiger charge is -2.22. The van der Waals surface area contributed by atoms with Crippen LogP contribution in [0.15, 0.2) is 194 Å². The maximum atomic E-state index is 5.31. The van der Waals surface area contributed by atoms with E-state index in [-0.39, 0.29) is 5.41 Å². The molecular weight excluding hydrogens is 745 g/mol. The molecule has 0 N–H and O–H groups in total. The average Bonchev–Trinajstić information content (AvgIpc) is 3.80. The molecule has 9 aromatic carbocycles. The Labute approximate surface area is 353 Å². The third-order valence-corrected chi connectivity index (χ3v) is 13.9. The van der Waals surface area contributed by atoms with Crippen molar-refractivity contribution in [3.8, 4) is 67.3 Å². The molecule has 0 atom stereocenters. The molecule has 1 aliphatic rings. The minimum absolute atomic E-state index is 0.142. The molecule has 0 bridgehead atoms. The lowest BCUT2D eigenvalue weighted by molar-refractivity contribution is 0.661. The fourth-order valence-corrected chi connectivity index (χ4v) is 10.8. The van der Waals surface area contributed by atoms with E-state index in [1.165, 1.54) is 86.2 Å². The van der Waals surface area contributed by atoms with Crippen LogP contribution in [0.2, 0.25) is 0 Å². The topological polar surface area (TPSA) is 25.8 Å². The monoisotopic (exact) mass is 782 g/mol. The van der Waals surface area contributed by atoms with Gasteiger partial charge >= 0.3 is 0 Å². The lowest BCUT2D eigenvalue weighted by Crippen LogP contribution is -2.14. The van der Waals surface area contributed by atoms with Crippen LogP contribution in [0, 0.1) is 0 Å². The van der Waals surface area contributed by atoms with Gasteiger partial charge in [-0.15, -0.1) is 11.3 Å². The SMILES string of the molecule is CC1(C)c2cc3ccccc3cc2-c2c(-c3cc(-c4ccc5cc(-c6ccc(-c7cccc8c7sc7ccccc78)cc6)ccc5c4)nc(-c4ccccc4)n3)cccc21. The number of aromatic nitrogens is 2. The predicted molar refractivity (Wildman–Crippen MR) is 255 cm³/mol. The molecule has 1 aliphatic carbocycles. The van der Waals surface area contributed by atoms with E-state index in [0.717, 1.165) is 33.9 Å². The van der Waals surface area contributed by atoms with Crippen molar-refractivity contribution < 1.29 is 0 Å². The standard InChI is InChI=1S/C57H38N2S/c1-57(2)49-20-11-19-47(54(49)48-32-38-14-6-7-15-39(38)33-50(48)57)52-34-51(58-56(59-52)37-12-4-3-5-13-37)43-29-28-41-30-40(26-27-42(41)31-43)35-22-24-36(25-23-35)44-17-10-18-46-45-16-8-9-21-53(45)60-55(44)46/h3-34H,1-2H3. The summed E-state index contributed by atoms with van der Waals surface area (Å²) in [5.74, 6) is 0.721. The lowest BCUT2D eigenvalue weighted by atomic mass is 9.81. The molecule has 0 saturated carbocycles. The second kappa shape index (κ2) is 13.4. The molecule has 60 heavy (non-hydrogen) atoms. The summed E-state index contributed by atoms with van der Waals surface area (Å²) >= 11 is 1.88. The zero-order valence-electron chi connectivity index (χ0n) is 33.3. The average molecular weight is 783 g/mol. The van der Waals surface area contributed by atoms with Gasteiger partial charge in [-0.1, -0.05) is 172 Å². The van der Waals surface area contributed by atoms with Gasteiger partial charge in [0.15, 0.2) is 5.82 Å². The van der Waals surface area contributed by atoms with Crippen LogP contribution in [-0.2, 0) is 5.41 Å². The van der Waals surface area contributed by atoms with Crippen molar-refractivity contribution in [1.29, 1.82) is 0 Å². The van der Waals surface area contributed by atoms with Gasteiger partial charge < -0.3 is 0 Å². The third kappa shape index (κ3) is 5.54. The number of hydrogen-bond acceptors (Lipinski definition) is 3. The first kappa shape index (κ1) is 34.8. The molecule has 0 spiro atoms. The highest BCUT2D eigenvalue weighted by atomic mass is 32.1. The Morgan fingerprint density at radius 1 is 0.383 bits per heavy atom. The summed E-state index contributed by atoms with van der Waals surface area (Å²) in [6.07, 6.45) is 0. The number of hydrogen-bond donors (Lipinski definition) is 0. The van der Waals surface area contributed by atoms with Crippen LogP contribution in [0.5, 0.6) is 0 Å². The van der Waals surface area contributed by atoms with E-state index in [2.05, 4.69) is 202 Å². The van der Waals surface area contributed by atoms with Crippen molar-refractivity contribution in [3.63, 3.8) is 0 Å². The largest absolute Gasteiger partial charge is 0.228 e. The molecule has 282 valence electrons. The summed E-state index contributed by atoms with van der Waals surface area (Å²) in [5.41, 5.74) is 15.1. The highest BCUT2D eigenvalue weighted by molar-refractivity contribution is 7.26. The van der Waals surface area contributed by atoms with Gasteiger partial charge in [-0.05, 0) is 102 Å². The molecular formula is C57H38N2S. The van der Waals surface area contributed by atoms with Gasteiger partial charge in [-0.2, -0.15) is 0 Å². The van der Waals surface area contributed by atoms with Gasteiger partial charge in [0, 0.05) is 42.3 Å². The van der Waals surface area contributed by atoms with Crippen molar-refractivity contribution in [3.05, 3.63) is 205 Å². The quantitative estimate of drug-likeness (QED) is 0.174. The maximum Gasteiger partial charge on any atom is 0.160 e. The number of thiophene rings is 1. The molecule has 2 heterocycles. The Morgan fingerprint density at radius 2 is 1.00 bits per heavy atom. The van der Waals surface area contributed by atoms with Gasteiger partial charge in [-0.3, -0.25) is 0 Å². The molecule has 3 heteroatoms. The molecule has 11 aromatic rings. The van der Waals surface area contributed by atoms with Gasteiger partial charge in [0.25, 0.3) is 0 Å². The Balaban J connectivity index is 0.929. The van der Waals surface area contributed by atoms with Crippen LogP contribution in [0.1, 0.15) is 25.0 Å². The van der Waals surface area contributed by atoms with Crippen LogP contribution in [0.4, 0.5) is 0 Å². The highest BCUT2D eigenvalue weighted by Crippen LogP contribution is 2.53. The summed E-state index contributed by atoms with van der Waals surface area (Å²) < 4.78 is 2.67. The minimum atomic E-state index is -0.142. The summed E-state index contributed by atoms with van der Waals surface area (Å²) in [4.78, 5) is 10.5. The normalized spacial score (nSPS) is 13.0. The Hall–Kier alpha value is -7.20. The first-order valence-corrected chi connectivity index (χ1v) is 21.5. The summed E-state index contributed by atoms with van der Waals surface area (Å²) in [7, 11) is 0. The first-order chi connectivity index (χ1) is 29.5. The minimum Gasteiger partial charge on any atom is -0.228 e. The van der Waals surface area contributed by atoms with E-state index >= 15 is 0 Å². The molecule has 0 aliphatic heterocycles. The summed E-state index contributed by atoms with van der Waals surface area (Å²) in [6.45, 7) is 4.70. The number of benzene rings is 9. The molecule has 0 radical (unpaired) electrons. The Kier molecular flexibility index (Phi) is 7.79. The molecule has 0 saturated heterocycles. The molecule has 0 unspecified atom stereocenters. The molecule has 0 fully saturated rings. The second-order valence-electron chi connectivity index (χ2n) is 16.6. The van der Waals surface area contributed by atoms with Crippen molar-refractivity contribution in [2.75, 3.05) is 0 Å². The van der Waals surface area contributed by atoms with Crippen molar-refractivity contribution in [2.45, 2.75) is 19.3 Å². The van der Waals surface area contributed by atoms with Crippen LogP contribution < -0.4 is 0 Å². The third-order valence-electron chi connectivity index (χ3n) is 12.7. The molecule has 2 aromatic heterocycles. The van der Waals surface area contributed by atoms with E-state index in [9.17, 15) is 0 Å². The predicted octanol–water partition coefficient (Wildman–Crippen LogP) is 15.8. The number of nitrogens with zero attached hydrogens (tertiary/aromatic N) is 2. The number of rotatable bonds is 5. The number of fused-ring (bicyclic) bond motifs is 8. The molecule has 2 nitrogen and oxygen atoms in total. The summed E-state index contributed by atoms with van der Waals surface area (Å²) in [6, 6.07) is 70.6. The van der Waals surface area contributed by atoms with E-state index in [1.54, 1.807) is 0 Å². The summed E-state index contributed by atoms with van der Waals surface area (Å²) in [5, 5.41) is 7.55.